The van der Waals surface area contributed by atoms with E-state index in [9.17, 15) is 4.79 Å². The van der Waals surface area contributed by atoms with Crippen LogP contribution in [0.4, 0.5) is 0 Å². The fourth-order valence-electron chi connectivity index (χ4n) is 2.02. The molecule has 1 atom stereocenters. The van der Waals surface area contributed by atoms with Gasteiger partial charge in [0.05, 0.1) is 0 Å². The topological polar surface area (TPSA) is 46.3 Å². The Bertz CT molecular complexity index is 180. The molecule has 1 amide bonds. The van der Waals surface area contributed by atoms with Crippen LogP contribution in [0.5, 0.6) is 0 Å². The largest absolute Gasteiger partial charge is 0.370 e. The predicted molar refractivity (Wildman–Crippen MR) is 53.2 cm³/mol. The molecule has 3 heteroatoms. The minimum Gasteiger partial charge on any atom is -0.370 e. The van der Waals surface area contributed by atoms with Gasteiger partial charge in [0, 0.05) is 19.0 Å². The Hall–Kier alpha value is -0.570. The van der Waals surface area contributed by atoms with E-state index in [4.69, 9.17) is 5.73 Å². The van der Waals surface area contributed by atoms with E-state index in [2.05, 4.69) is 18.7 Å². The van der Waals surface area contributed by atoms with Gasteiger partial charge in [-0.1, -0.05) is 0 Å². The second kappa shape index (κ2) is 4.61. The van der Waals surface area contributed by atoms with Crippen molar-refractivity contribution < 1.29 is 4.79 Å². The van der Waals surface area contributed by atoms with E-state index in [1.165, 1.54) is 13.0 Å². The van der Waals surface area contributed by atoms with E-state index >= 15 is 0 Å². The number of nitrogens with zero attached hydrogens (tertiary/aromatic N) is 1. The summed E-state index contributed by atoms with van der Waals surface area (Å²) in [5.41, 5.74) is 5.19. The van der Waals surface area contributed by atoms with Crippen molar-refractivity contribution in [2.24, 2.45) is 11.7 Å². The summed E-state index contributed by atoms with van der Waals surface area (Å²) in [6.45, 7) is 6.62. The Morgan fingerprint density at radius 2 is 2.31 bits per heavy atom. The van der Waals surface area contributed by atoms with Crippen molar-refractivity contribution in [2.75, 3.05) is 13.1 Å². The average Bonchev–Trinajstić information content (AvgIpc) is 2.03. The van der Waals surface area contributed by atoms with Gasteiger partial charge in [-0.25, -0.2) is 0 Å². The van der Waals surface area contributed by atoms with Crippen LogP contribution in [0.3, 0.4) is 0 Å². The molecule has 1 aliphatic rings. The maximum atomic E-state index is 10.7. The Morgan fingerprint density at radius 3 is 2.85 bits per heavy atom. The zero-order valence-corrected chi connectivity index (χ0v) is 8.62. The molecule has 3 nitrogen and oxygen atoms in total. The van der Waals surface area contributed by atoms with E-state index in [0.29, 0.717) is 18.4 Å². The van der Waals surface area contributed by atoms with Gasteiger partial charge in [0.15, 0.2) is 0 Å². The fourth-order valence-corrected chi connectivity index (χ4v) is 2.02. The molecule has 1 aliphatic heterocycles. The lowest BCUT2D eigenvalue weighted by Gasteiger charge is -2.34. The Labute approximate surface area is 80.3 Å². The van der Waals surface area contributed by atoms with Gasteiger partial charge in [0.25, 0.3) is 0 Å². The lowest BCUT2D eigenvalue weighted by Crippen LogP contribution is -2.40. The third kappa shape index (κ3) is 3.35. The molecular weight excluding hydrogens is 164 g/mol. The smallest absolute Gasteiger partial charge is 0.217 e. The quantitative estimate of drug-likeness (QED) is 0.710. The molecule has 0 bridgehead atoms. The van der Waals surface area contributed by atoms with Crippen LogP contribution in [-0.4, -0.2) is 29.9 Å². The summed E-state index contributed by atoms with van der Waals surface area (Å²) in [6, 6.07) is 0.593. The number of hydrogen-bond donors (Lipinski definition) is 1. The van der Waals surface area contributed by atoms with E-state index in [0.717, 1.165) is 13.0 Å². The van der Waals surface area contributed by atoms with Crippen LogP contribution in [0, 0.1) is 5.92 Å². The second-order valence-electron chi connectivity index (χ2n) is 4.27. The number of rotatable bonds is 3. The van der Waals surface area contributed by atoms with Crippen molar-refractivity contribution >= 4 is 5.91 Å². The lowest BCUT2D eigenvalue weighted by atomic mass is 9.94. The zero-order chi connectivity index (χ0) is 9.84. The summed E-state index contributed by atoms with van der Waals surface area (Å²) in [7, 11) is 0. The highest BCUT2D eigenvalue weighted by atomic mass is 16.1. The molecule has 1 heterocycles. The molecule has 2 N–H and O–H groups in total. The molecule has 76 valence electrons. The minimum absolute atomic E-state index is 0.157. The Kier molecular flexibility index (Phi) is 3.72. The normalized spacial score (nSPS) is 25.0. The second-order valence-corrected chi connectivity index (χ2v) is 4.27. The van der Waals surface area contributed by atoms with Crippen LogP contribution < -0.4 is 5.73 Å². The maximum absolute atomic E-state index is 10.7. The first kappa shape index (κ1) is 10.5. The lowest BCUT2D eigenvalue weighted by molar-refractivity contribution is -0.119. The van der Waals surface area contributed by atoms with Crippen LogP contribution in [0.2, 0.25) is 0 Å². The SMILES string of the molecule is CC(C)N1CCCC(CC(N)=O)C1. The van der Waals surface area contributed by atoms with Gasteiger partial charge in [-0.3, -0.25) is 4.79 Å². The zero-order valence-electron chi connectivity index (χ0n) is 8.62. The van der Waals surface area contributed by atoms with Gasteiger partial charge in [0.2, 0.25) is 5.91 Å². The van der Waals surface area contributed by atoms with Crippen LogP contribution >= 0.6 is 0 Å². The van der Waals surface area contributed by atoms with E-state index < -0.39 is 0 Å². The number of piperidine rings is 1. The van der Waals surface area contributed by atoms with Gasteiger partial charge >= 0.3 is 0 Å². The highest BCUT2D eigenvalue weighted by molar-refractivity contribution is 5.74. The van der Waals surface area contributed by atoms with Crippen LogP contribution in [0.1, 0.15) is 33.1 Å². The van der Waals surface area contributed by atoms with Crippen molar-refractivity contribution in [1.82, 2.24) is 4.90 Å². The summed E-state index contributed by atoms with van der Waals surface area (Å²) in [5, 5.41) is 0. The van der Waals surface area contributed by atoms with Gasteiger partial charge < -0.3 is 10.6 Å². The summed E-state index contributed by atoms with van der Waals surface area (Å²) in [6.07, 6.45) is 2.92. The number of carbonyl (C=O) groups excluding carboxylic acids is 1. The third-order valence-electron chi connectivity index (χ3n) is 2.77. The number of nitrogens with two attached hydrogens (primary N) is 1. The van der Waals surface area contributed by atoms with Crippen molar-refractivity contribution in [3.05, 3.63) is 0 Å². The van der Waals surface area contributed by atoms with Gasteiger partial charge in [-0.05, 0) is 39.2 Å². The summed E-state index contributed by atoms with van der Waals surface area (Å²) in [4.78, 5) is 13.2. The first-order chi connectivity index (χ1) is 6.09. The molecule has 0 spiro atoms. The number of hydrogen-bond acceptors (Lipinski definition) is 2. The minimum atomic E-state index is -0.157. The van der Waals surface area contributed by atoms with E-state index in [1.54, 1.807) is 0 Å². The monoisotopic (exact) mass is 184 g/mol. The molecule has 0 aromatic heterocycles. The number of carbonyl (C=O) groups is 1. The average molecular weight is 184 g/mol. The summed E-state index contributed by atoms with van der Waals surface area (Å²) in [5.74, 6) is 0.337. The fraction of sp³-hybridized carbons (Fsp3) is 0.900. The molecule has 1 unspecified atom stereocenters. The van der Waals surface area contributed by atoms with E-state index in [-0.39, 0.29) is 5.91 Å². The molecule has 13 heavy (non-hydrogen) atoms. The molecule has 1 rings (SSSR count). The molecule has 0 aromatic rings. The Morgan fingerprint density at radius 1 is 1.62 bits per heavy atom. The number of likely N-dealkylation sites (tertiary alicyclic amines) is 1. The third-order valence-corrected chi connectivity index (χ3v) is 2.77. The van der Waals surface area contributed by atoms with Crippen LogP contribution in [0.25, 0.3) is 0 Å². The molecule has 0 saturated carbocycles. The van der Waals surface area contributed by atoms with Gasteiger partial charge in [0.1, 0.15) is 0 Å². The first-order valence-corrected chi connectivity index (χ1v) is 5.12. The first-order valence-electron chi connectivity index (χ1n) is 5.12. The van der Waals surface area contributed by atoms with Crippen molar-refractivity contribution in [2.45, 2.75) is 39.2 Å². The molecule has 0 radical (unpaired) electrons. The molecule has 1 fully saturated rings. The summed E-state index contributed by atoms with van der Waals surface area (Å²) >= 11 is 0. The van der Waals surface area contributed by atoms with Gasteiger partial charge in [-0.15, -0.1) is 0 Å². The molecule has 0 aromatic carbocycles. The summed E-state index contributed by atoms with van der Waals surface area (Å²) < 4.78 is 0. The van der Waals surface area contributed by atoms with Crippen molar-refractivity contribution in [1.29, 1.82) is 0 Å². The predicted octanol–water partition coefficient (Wildman–Crippen LogP) is 0.982. The van der Waals surface area contributed by atoms with Gasteiger partial charge in [-0.2, -0.15) is 0 Å². The maximum Gasteiger partial charge on any atom is 0.217 e. The van der Waals surface area contributed by atoms with Crippen molar-refractivity contribution in [3.63, 3.8) is 0 Å². The highest BCUT2D eigenvalue weighted by Gasteiger charge is 2.22. The molecule has 0 aliphatic carbocycles. The van der Waals surface area contributed by atoms with E-state index in [1.807, 2.05) is 0 Å². The van der Waals surface area contributed by atoms with Crippen molar-refractivity contribution in [3.8, 4) is 0 Å². The number of primary amides is 1. The van der Waals surface area contributed by atoms with Crippen LogP contribution in [-0.2, 0) is 4.79 Å². The molecule has 1 saturated heterocycles. The molecular formula is C10H20N2O. The highest BCUT2D eigenvalue weighted by Crippen LogP contribution is 2.20. The Balaban J connectivity index is 2.37. The van der Waals surface area contributed by atoms with Crippen LogP contribution in [0.15, 0.2) is 0 Å². The standard InChI is InChI=1S/C10H20N2O/c1-8(2)12-5-3-4-9(7-12)6-10(11)13/h8-9H,3-7H2,1-2H3,(H2,11,13). The number of amides is 1.